The maximum absolute atomic E-state index is 6.04. The standard InChI is InChI=1S/C16H20ClN5O/c17-12-3-1-2-4-14(12)23-6-5-20-15-9-13(21-16(19)22-15)10-7-11(18)8-10/h1-4,9-11H,5-8,18H2,(H3,19,20,21,22). The van der Waals surface area contributed by atoms with Crippen molar-refractivity contribution in [3.05, 3.63) is 41.0 Å². The van der Waals surface area contributed by atoms with Crippen LogP contribution in [0.15, 0.2) is 30.3 Å². The van der Waals surface area contributed by atoms with Gasteiger partial charge in [0.25, 0.3) is 0 Å². The van der Waals surface area contributed by atoms with Crippen molar-refractivity contribution in [2.45, 2.75) is 24.8 Å². The van der Waals surface area contributed by atoms with Crippen LogP contribution < -0.4 is 21.5 Å². The predicted octanol–water partition coefficient (Wildman–Crippen LogP) is 2.41. The second-order valence-corrected chi connectivity index (χ2v) is 6.08. The van der Waals surface area contributed by atoms with Crippen LogP contribution in [-0.2, 0) is 0 Å². The van der Waals surface area contributed by atoms with Crippen molar-refractivity contribution in [2.75, 3.05) is 24.2 Å². The zero-order valence-electron chi connectivity index (χ0n) is 12.7. The summed E-state index contributed by atoms with van der Waals surface area (Å²) >= 11 is 6.04. The number of hydrogen-bond donors (Lipinski definition) is 3. The van der Waals surface area contributed by atoms with Crippen LogP contribution in [0.25, 0.3) is 0 Å². The van der Waals surface area contributed by atoms with E-state index < -0.39 is 0 Å². The topological polar surface area (TPSA) is 99.1 Å². The third-order valence-electron chi connectivity index (χ3n) is 3.86. The Morgan fingerprint density at radius 3 is 2.78 bits per heavy atom. The van der Waals surface area contributed by atoms with Crippen molar-refractivity contribution < 1.29 is 4.74 Å². The quantitative estimate of drug-likeness (QED) is 0.702. The Balaban J connectivity index is 1.53. The van der Waals surface area contributed by atoms with Gasteiger partial charge in [0.15, 0.2) is 0 Å². The molecule has 1 heterocycles. The number of nitrogen functional groups attached to an aromatic ring is 1. The zero-order chi connectivity index (χ0) is 16.2. The van der Waals surface area contributed by atoms with Crippen LogP contribution in [0.2, 0.25) is 5.02 Å². The maximum Gasteiger partial charge on any atom is 0.222 e. The van der Waals surface area contributed by atoms with E-state index in [9.17, 15) is 0 Å². The summed E-state index contributed by atoms with van der Waals surface area (Å²) in [6, 6.07) is 9.59. The van der Waals surface area contributed by atoms with E-state index >= 15 is 0 Å². The van der Waals surface area contributed by atoms with Crippen LogP contribution >= 0.6 is 11.6 Å². The normalized spacial score (nSPS) is 19.9. The van der Waals surface area contributed by atoms with Gasteiger partial charge in [-0.05, 0) is 25.0 Å². The Kier molecular flexibility index (Phi) is 4.83. The molecule has 1 aliphatic rings. The number of nitrogens with zero attached hydrogens (tertiary/aromatic N) is 2. The third kappa shape index (κ3) is 4.03. The summed E-state index contributed by atoms with van der Waals surface area (Å²) in [5.74, 6) is 2.03. The smallest absolute Gasteiger partial charge is 0.222 e. The monoisotopic (exact) mass is 333 g/mol. The molecule has 0 atom stereocenters. The van der Waals surface area contributed by atoms with Gasteiger partial charge in [0.1, 0.15) is 18.2 Å². The second kappa shape index (κ2) is 7.02. The number of halogens is 1. The SMILES string of the molecule is Nc1nc(NCCOc2ccccc2Cl)cc(C2CC(N)C2)n1. The number of rotatable bonds is 6. The molecule has 1 aromatic heterocycles. The molecule has 1 aliphatic carbocycles. The molecule has 0 spiro atoms. The molecule has 3 rings (SSSR count). The molecule has 0 bridgehead atoms. The van der Waals surface area contributed by atoms with Gasteiger partial charge in [-0.2, -0.15) is 4.98 Å². The number of benzene rings is 1. The first kappa shape index (κ1) is 15.8. The molecular weight excluding hydrogens is 314 g/mol. The Morgan fingerprint density at radius 1 is 1.26 bits per heavy atom. The number of para-hydroxylation sites is 1. The molecule has 0 saturated heterocycles. The number of nitrogens with two attached hydrogens (primary N) is 2. The lowest BCUT2D eigenvalue weighted by Gasteiger charge is -2.32. The lowest BCUT2D eigenvalue weighted by atomic mass is 9.78. The number of aromatic nitrogens is 2. The highest BCUT2D eigenvalue weighted by atomic mass is 35.5. The largest absolute Gasteiger partial charge is 0.490 e. The van der Waals surface area contributed by atoms with E-state index in [1.807, 2.05) is 24.3 Å². The van der Waals surface area contributed by atoms with Crippen molar-refractivity contribution in [1.82, 2.24) is 9.97 Å². The second-order valence-electron chi connectivity index (χ2n) is 5.67. The van der Waals surface area contributed by atoms with E-state index in [0.717, 1.165) is 18.5 Å². The summed E-state index contributed by atoms with van der Waals surface area (Å²) in [4.78, 5) is 8.50. The lowest BCUT2D eigenvalue weighted by Crippen LogP contribution is -2.35. The molecule has 5 N–H and O–H groups in total. The molecule has 0 unspecified atom stereocenters. The first-order valence-corrected chi connectivity index (χ1v) is 8.01. The number of ether oxygens (including phenoxy) is 1. The first-order chi connectivity index (χ1) is 11.1. The van der Waals surface area contributed by atoms with E-state index in [2.05, 4.69) is 15.3 Å². The molecule has 6 nitrogen and oxygen atoms in total. The van der Waals surface area contributed by atoms with E-state index in [0.29, 0.717) is 35.7 Å². The van der Waals surface area contributed by atoms with E-state index in [-0.39, 0.29) is 12.0 Å². The summed E-state index contributed by atoms with van der Waals surface area (Å²) in [6.45, 7) is 1.06. The highest BCUT2D eigenvalue weighted by Gasteiger charge is 2.29. The average Bonchev–Trinajstić information content (AvgIpc) is 2.49. The molecule has 2 aromatic rings. The highest BCUT2D eigenvalue weighted by Crippen LogP contribution is 2.35. The summed E-state index contributed by atoms with van der Waals surface area (Å²) < 4.78 is 5.63. The number of anilines is 2. The molecule has 1 aromatic carbocycles. The van der Waals surface area contributed by atoms with Gasteiger partial charge in [-0.1, -0.05) is 23.7 Å². The molecule has 0 aliphatic heterocycles. The number of hydrogen-bond acceptors (Lipinski definition) is 6. The lowest BCUT2D eigenvalue weighted by molar-refractivity contribution is 0.333. The zero-order valence-corrected chi connectivity index (χ0v) is 13.5. The Morgan fingerprint density at radius 2 is 2.04 bits per heavy atom. The molecule has 122 valence electrons. The minimum absolute atomic E-state index is 0.275. The van der Waals surface area contributed by atoms with Crippen LogP contribution in [0.3, 0.4) is 0 Å². The van der Waals surface area contributed by atoms with Crippen LogP contribution in [0.1, 0.15) is 24.5 Å². The Labute approximate surface area is 140 Å². The van der Waals surface area contributed by atoms with Crippen molar-refractivity contribution in [3.63, 3.8) is 0 Å². The average molecular weight is 334 g/mol. The van der Waals surface area contributed by atoms with Gasteiger partial charge in [-0.15, -0.1) is 0 Å². The minimum atomic E-state index is 0.275. The fourth-order valence-corrected chi connectivity index (χ4v) is 2.78. The van der Waals surface area contributed by atoms with Crippen LogP contribution in [0, 0.1) is 0 Å². The van der Waals surface area contributed by atoms with Crippen molar-refractivity contribution in [1.29, 1.82) is 0 Å². The molecule has 0 amide bonds. The Hall–Kier alpha value is -2.05. The van der Waals surface area contributed by atoms with Gasteiger partial charge in [0.2, 0.25) is 5.95 Å². The minimum Gasteiger partial charge on any atom is -0.490 e. The van der Waals surface area contributed by atoms with Crippen LogP contribution in [0.4, 0.5) is 11.8 Å². The van der Waals surface area contributed by atoms with Gasteiger partial charge in [0.05, 0.1) is 17.3 Å². The molecule has 7 heteroatoms. The highest BCUT2D eigenvalue weighted by molar-refractivity contribution is 6.32. The van der Waals surface area contributed by atoms with Crippen LogP contribution in [-0.4, -0.2) is 29.2 Å². The van der Waals surface area contributed by atoms with Gasteiger partial charge in [-0.3, -0.25) is 0 Å². The van der Waals surface area contributed by atoms with Gasteiger partial charge >= 0.3 is 0 Å². The molecular formula is C16H20ClN5O. The van der Waals surface area contributed by atoms with E-state index in [4.69, 9.17) is 27.8 Å². The van der Waals surface area contributed by atoms with Crippen molar-refractivity contribution in [3.8, 4) is 5.75 Å². The van der Waals surface area contributed by atoms with Crippen molar-refractivity contribution >= 4 is 23.4 Å². The molecule has 1 saturated carbocycles. The molecule has 1 fully saturated rings. The summed E-state index contributed by atoms with van der Waals surface area (Å²) in [7, 11) is 0. The summed E-state index contributed by atoms with van der Waals surface area (Å²) in [5.41, 5.74) is 12.6. The maximum atomic E-state index is 6.04. The van der Waals surface area contributed by atoms with E-state index in [1.54, 1.807) is 6.07 Å². The first-order valence-electron chi connectivity index (χ1n) is 7.63. The van der Waals surface area contributed by atoms with Crippen molar-refractivity contribution in [2.24, 2.45) is 5.73 Å². The molecule has 23 heavy (non-hydrogen) atoms. The van der Waals surface area contributed by atoms with Gasteiger partial charge in [0, 0.05) is 18.0 Å². The summed E-state index contributed by atoms with van der Waals surface area (Å²) in [5, 5.41) is 3.80. The summed E-state index contributed by atoms with van der Waals surface area (Å²) in [6.07, 6.45) is 1.90. The van der Waals surface area contributed by atoms with Gasteiger partial charge in [-0.25, -0.2) is 4.98 Å². The third-order valence-corrected chi connectivity index (χ3v) is 4.17. The molecule has 0 radical (unpaired) electrons. The fraction of sp³-hybridized carbons (Fsp3) is 0.375. The predicted molar refractivity (Wildman–Crippen MR) is 91.8 cm³/mol. The fourth-order valence-electron chi connectivity index (χ4n) is 2.59. The van der Waals surface area contributed by atoms with E-state index in [1.165, 1.54) is 0 Å². The van der Waals surface area contributed by atoms with Crippen LogP contribution in [0.5, 0.6) is 5.75 Å². The number of nitrogens with one attached hydrogen (secondary N) is 1. The Bertz CT molecular complexity index is 675. The van der Waals surface area contributed by atoms with Gasteiger partial charge < -0.3 is 21.5 Å².